The van der Waals surface area contributed by atoms with Gasteiger partial charge in [-0.15, -0.1) is 0 Å². The van der Waals surface area contributed by atoms with Crippen LogP contribution in [0.2, 0.25) is 0 Å². The lowest BCUT2D eigenvalue weighted by atomic mass is 9.82. The number of benzene rings is 1. The van der Waals surface area contributed by atoms with E-state index in [1.54, 1.807) is 26.8 Å². The molecular formula is C28H39F3N2O6. The third-order valence-electron chi connectivity index (χ3n) is 7.24. The van der Waals surface area contributed by atoms with Crippen molar-refractivity contribution in [3.63, 3.8) is 0 Å². The van der Waals surface area contributed by atoms with E-state index in [9.17, 15) is 33.7 Å². The highest BCUT2D eigenvalue weighted by Gasteiger charge is 2.30. The number of anilines is 1. The summed E-state index contributed by atoms with van der Waals surface area (Å²) in [5.74, 6) is -6.84. The van der Waals surface area contributed by atoms with Crippen LogP contribution in [0, 0.1) is 41.1 Å². The normalized spacial score (nSPS) is 27.8. The number of primary amides is 1. The van der Waals surface area contributed by atoms with Crippen LogP contribution in [-0.2, 0) is 16.0 Å². The smallest absolute Gasteiger partial charge is 0.405 e. The summed E-state index contributed by atoms with van der Waals surface area (Å²) in [5.41, 5.74) is 4.92. The van der Waals surface area contributed by atoms with Crippen LogP contribution in [0.1, 0.15) is 52.5 Å². The molecule has 0 saturated heterocycles. The van der Waals surface area contributed by atoms with E-state index >= 15 is 4.39 Å². The molecule has 0 radical (unpaired) electrons. The Bertz CT molecular complexity index is 1090. The van der Waals surface area contributed by atoms with E-state index < -0.39 is 83.2 Å². The second-order valence-electron chi connectivity index (χ2n) is 10.5. The Morgan fingerprint density at radius 2 is 1.77 bits per heavy atom. The fourth-order valence-corrected chi connectivity index (χ4v) is 5.09. The van der Waals surface area contributed by atoms with Gasteiger partial charge in [-0.3, -0.25) is 4.79 Å². The number of aliphatic hydroxyl groups is 3. The Kier molecular flexibility index (Phi) is 12.0. The van der Waals surface area contributed by atoms with E-state index in [4.69, 9.17) is 10.5 Å². The summed E-state index contributed by atoms with van der Waals surface area (Å²) in [6.45, 7) is 5.68. The molecule has 11 heteroatoms. The van der Waals surface area contributed by atoms with Crippen LogP contribution >= 0.6 is 0 Å². The second-order valence-corrected chi connectivity index (χ2v) is 10.5. The quantitative estimate of drug-likeness (QED) is 0.282. The number of halogens is 3. The number of amides is 2. The van der Waals surface area contributed by atoms with Gasteiger partial charge < -0.3 is 31.1 Å². The number of hydrogen-bond donors (Lipinski definition) is 5. The molecule has 0 aliphatic carbocycles. The predicted octanol–water partition coefficient (Wildman–Crippen LogP) is 3.98. The first-order chi connectivity index (χ1) is 18.3. The van der Waals surface area contributed by atoms with E-state index in [1.807, 2.05) is 0 Å². The van der Waals surface area contributed by atoms with Gasteiger partial charge in [0, 0.05) is 48.2 Å². The third-order valence-corrected chi connectivity index (χ3v) is 7.24. The van der Waals surface area contributed by atoms with Gasteiger partial charge in [0.15, 0.2) is 17.5 Å². The van der Waals surface area contributed by atoms with Gasteiger partial charge in [-0.1, -0.05) is 26.0 Å². The molecule has 1 heterocycles. The largest absolute Gasteiger partial charge is 0.441 e. The number of aliphatic hydroxyl groups excluding tert-OH is 3. The van der Waals surface area contributed by atoms with E-state index in [2.05, 4.69) is 5.32 Å². The highest BCUT2D eigenvalue weighted by molar-refractivity contribution is 6.03. The van der Waals surface area contributed by atoms with Crippen molar-refractivity contribution < 1.29 is 42.8 Å². The van der Waals surface area contributed by atoms with Crippen molar-refractivity contribution in [1.29, 1.82) is 0 Å². The highest BCUT2D eigenvalue weighted by atomic mass is 19.2. The summed E-state index contributed by atoms with van der Waals surface area (Å²) < 4.78 is 49.5. The van der Waals surface area contributed by atoms with Crippen molar-refractivity contribution in [2.24, 2.45) is 29.4 Å². The molecular weight excluding hydrogens is 517 g/mol. The summed E-state index contributed by atoms with van der Waals surface area (Å²) in [7, 11) is 0. The maximum absolute atomic E-state index is 15.2. The molecule has 1 aromatic carbocycles. The topological polar surface area (TPSA) is 142 Å². The number of hydrogen-bond acceptors (Lipinski definition) is 6. The zero-order chi connectivity index (χ0) is 29.4. The summed E-state index contributed by atoms with van der Waals surface area (Å²) in [6.07, 6.45) is 0.570. The molecule has 0 aromatic heterocycles. The van der Waals surface area contributed by atoms with Crippen LogP contribution in [0.4, 0.5) is 23.7 Å². The average molecular weight is 557 g/mol. The lowest BCUT2D eigenvalue weighted by molar-refractivity contribution is -0.112. The van der Waals surface area contributed by atoms with Gasteiger partial charge in [-0.2, -0.15) is 0 Å². The standard InChI is InChI=1S/C28H39F3N2O6/c1-14-8-19(13-35)25(36)16(3)10-17(4)26(39-28(32)38)18(12-34)7-5-6-15(2)27(37)33-22-11-21(29)23(30)20(9-14)24(22)31/h6,10-11,14,16,18-19,25-26,34-36H,5,7-9,12-13H2,1-4H3,(H2,32,38)(H,33,37)/t14-,16-,18+,19+,25+,26-/m0/s1. The minimum absolute atomic E-state index is 0.147. The van der Waals surface area contributed by atoms with Crippen LogP contribution in [0.3, 0.4) is 0 Å². The highest BCUT2D eigenvalue weighted by Crippen LogP contribution is 2.31. The van der Waals surface area contributed by atoms with Gasteiger partial charge in [-0.25, -0.2) is 18.0 Å². The Hall–Kier alpha value is -2.89. The molecule has 0 unspecified atom stereocenters. The molecule has 1 aliphatic heterocycles. The first kappa shape index (κ1) is 32.3. The zero-order valence-corrected chi connectivity index (χ0v) is 22.7. The molecule has 1 aliphatic rings. The molecule has 218 valence electrons. The van der Waals surface area contributed by atoms with Gasteiger partial charge in [0.05, 0.1) is 11.8 Å². The second kappa shape index (κ2) is 14.5. The molecule has 0 fully saturated rings. The summed E-state index contributed by atoms with van der Waals surface area (Å²) in [6, 6.07) is 0.580. The van der Waals surface area contributed by atoms with Crippen LogP contribution in [0.5, 0.6) is 0 Å². The Morgan fingerprint density at radius 3 is 2.36 bits per heavy atom. The molecule has 6 atom stereocenters. The molecule has 6 N–H and O–H groups in total. The van der Waals surface area contributed by atoms with Crippen molar-refractivity contribution >= 4 is 17.7 Å². The minimum atomic E-state index is -1.36. The molecule has 2 bridgehead atoms. The molecule has 1 aromatic rings. The Labute approximate surface area is 226 Å². The third kappa shape index (κ3) is 8.55. The Balaban J connectivity index is 2.56. The fraction of sp³-hybridized carbons (Fsp3) is 0.571. The van der Waals surface area contributed by atoms with Crippen LogP contribution in [0.15, 0.2) is 29.4 Å². The van der Waals surface area contributed by atoms with E-state index in [1.165, 1.54) is 13.0 Å². The number of carbonyl (C=O) groups is 2. The van der Waals surface area contributed by atoms with Crippen molar-refractivity contribution in [3.05, 3.63) is 52.4 Å². The van der Waals surface area contributed by atoms with Crippen molar-refractivity contribution in [1.82, 2.24) is 0 Å². The lowest BCUT2D eigenvalue weighted by Crippen LogP contribution is -2.34. The maximum Gasteiger partial charge on any atom is 0.405 e. The van der Waals surface area contributed by atoms with Crippen molar-refractivity contribution in [2.75, 3.05) is 18.5 Å². The molecule has 2 rings (SSSR count). The molecule has 8 nitrogen and oxygen atoms in total. The first-order valence-electron chi connectivity index (χ1n) is 13.0. The zero-order valence-electron chi connectivity index (χ0n) is 22.7. The number of nitrogens with one attached hydrogen (secondary N) is 1. The van der Waals surface area contributed by atoms with E-state index in [0.29, 0.717) is 11.6 Å². The van der Waals surface area contributed by atoms with E-state index in [-0.39, 0.29) is 37.9 Å². The fourth-order valence-electron chi connectivity index (χ4n) is 5.09. The van der Waals surface area contributed by atoms with Crippen LogP contribution in [-0.4, -0.2) is 52.7 Å². The van der Waals surface area contributed by atoms with Gasteiger partial charge in [-0.05, 0) is 51.0 Å². The molecule has 2 amide bonds. The van der Waals surface area contributed by atoms with Gasteiger partial charge in [0.1, 0.15) is 6.10 Å². The number of allylic oxidation sites excluding steroid dienone is 1. The molecule has 0 spiro atoms. The number of fused-ring (bicyclic) bond motifs is 2. The minimum Gasteiger partial charge on any atom is -0.441 e. The summed E-state index contributed by atoms with van der Waals surface area (Å²) >= 11 is 0. The number of carbonyl (C=O) groups excluding carboxylic acids is 2. The summed E-state index contributed by atoms with van der Waals surface area (Å²) in [4.78, 5) is 24.3. The van der Waals surface area contributed by atoms with Crippen molar-refractivity contribution in [2.45, 2.75) is 65.6 Å². The van der Waals surface area contributed by atoms with Crippen LogP contribution in [0.25, 0.3) is 0 Å². The molecule has 39 heavy (non-hydrogen) atoms. The first-order valence-corrected chi connectivity index (χ1v) is 13.0. The average Bonchev–Trinajstić information content (AvgIpc) is 2.88. The van der Waals surface area contributed by atoms with Gasteiger partial charge in [0.25, 0.3) is 5.91 Å². The monoisotopic (exact) mass is 556 g/mol. The summed E-state index contributed by atoms with van der Waals surface area (Å²) in [5, 5.41) is 33.3. The maximum atomic E-state index is 15.2. The Morgan fingerprint density at radius 1 is 1.13 bits per heavy atom. The van der Waals surface area contributed by atoms with Gasteiger partial charge >= 0.3 is 6.09 Å². The number of ether oxygens (including phenoxy) is 1. The lowest BCUT2D eigenvalue weighted by Gasteiger charge is -2.30. The number of rotatable bonds is 3. The SMILES string of the molecule is CC1=CCC[C@H](CO)[C@@H](OC(N)=O)C(C)=C[C@H](C)[C@@H](O)[C@@H](CO)C[C@H](C)Cc2c(F)c(F)cc(c2F)NC1=O. The van der Waals surface area contributed by atoms with Crippen molar-refractivity contribution in [3.8, 4) is 0 Å². The van der Waals surface area contributed by atoms with E-state index in [0.717, 1.165) is 0 Å². The van der Waals surface area contributed by atoms with Crippen LogP contribution < -0.4 is 11.1 Å². The molecule has 0 saturated carbocycles. The van der Waals surface area contributed by atoms with Gasteiger partial charge in [0.2, 0.25) is 0 Å². The number of nitrogens with two attached hydrogens (primary N) is 1. The predicted molar refractivity (Wildman–Crippen MR) is 140 cm³/mol.